The number of hydrogen-bond donors (Lipinski definition) is 2. The van der Waals surface area contributed by atoms with Gasteiger partial charge in [0.15, 0.2) is 5.69 Å². The van der Waals surface area contributed by atoms with Gasteiger partial charge in [-0.1, -0.05) is 16.8 Å². The summed E-state index contributed by atoms with van der Waals surface area (Å²) in [6.45, 7) is 1.69. The van der Waals surface area contributed by atoms with Crippen LogP contribution < -0.4 is 5.32 Å². The van der Waals surface area contributed by atoms with E-state index in [0.717, 1.165) is 0 Å². The first-order valence-electron chi connectivity index (χ1n) is 7.23. The van der Waals surface area contributed by atoms with Crippen molar-refractivity contribution in [3.05, 3.63) is 40.4 Å². The predicted molar refractivity (Wildman–Crippen MR) is 82.7 cm³/mol. The van der Waals surface area contributed by atoms with Gasteiger partial charge in [-0.05, 0) is 38.0 Å². The Bertz CT molecular complexity index is 832. The third-order valence-electron chi connectivity index (χ3n) is 4.15. The van der Waals surface area contributed by atoms with Gasteiger partial charge in [-0.25, -0.2) is 9.07 Å². The topological polar surface area (TPSA) is 97.1 Å². The number of carbonyl (C=O) groups excluding carboxylic acids is 1. The highest BCUT2D eigenvalue weighted by atomic mass is 35.5. The molecule has 126 valence electrons. The molecular weight excluding hydrogens is 339 g/mol. The maximum atomic E-state index is 13.2. The molecule has 3 rings (SSSR count). The second-order valence-corrected chi connectivity index (χ2v) is 6.21. The van der Waals surface area contributed by atoms with Crippen molar-refractivity contribution in [2.45, 2.75) is 19.8 Å². The zero-order valence-corrected chi connectivity index (χ0v) is 13.5. The van der Waals surface area contributed by atoms with Crippen molar-refractivity contribution in [3.63, 3.8) is 0 Å². The number of carbonyl (C=O) groups is 2. The lowest BCUT2D eigenvalue weighted by Crippen LogP contribution is -2.34. The van der Waals surface area contributed by atoms with E-state index in [4.69, 9.17) is 16.7 Å². The molecule has 0 aliphatic heterocycles. The maximum absolute atomic E-state index is 13.2. The Morgan fingerprint density at radius 2 is 2.17 bits per heavy atom. The molecule has 1 aliphatic rings. The molecular formula is C15H14ClFN4O3. The molecule has 0 bridgehead atoms. The highest BCUT2D eigenvalue weighted by Crippen LogP contribution is 2.45. The van der Waals surface area contributed by atoms with E-state index < -0.39 is 23.1 Å². The van der Waals surface area contributed by atoms with Gasteiger partial charge < -0.3 is 10.4 Å². The lowest BCUT2D eigenvalue weighted by molar-refractivity contribution is -0.143. The molecule has 1 amide bonds. The number of nitrogens with one attached hydrogen (secondary N) is 1. The van der Waals surface area contributed by atoms with Crippen molar-refractivity contribution in [2.75, 3.05) is 6.54 Å². The number of aromatic nitrogens is 3. The van der Waals surface area contributed by atoms with Crippen LogP contribution in [-0.4, -0.2) is 38.5 Å². The zero-order valence-electron chi connectivity index (χ0n) is 12.7. The minimum atomic E-state index is -0.913. The molecule has 1 saturated carbocycles. The van der Waals surface area contributed by atoms with Gasteiger partial charge in [-0.2, -0.15) is 0 Å². The predicted octanol–water partition coefficient (Wildman–Crippen LogP) is 1.96. The number of rotatable bonds is 5. The van der Waals surface area contributed by atoms with Crippen molar-refractivity contribution in [1.29, 1.82) is 0 Å². The number of amides is 1. The zero-order chi connectivity index (χ0) is 17.5. The van der Waals surface area contributed by atoms with Crippen LogP contribution in [-0.2, 0) is 4.79 Å². The first-order chi connectivity index (χ1) is 11.3. The molecule has 0 unspecified atom stereocenters. The molecule has 1 aromatic heterocycles. The molecule has 0 saturated heterocycles. The van der Waals surface area contributed by atoms with E-state index in [2.05, 4.69) is 15.6 Å². The van der Waals surface area contributed by atoms with E-state index in [9.17, 15) is 14.0 Å². The van der Waals surface area contributed by atoms with Gasteiger partial charge in [0.05, 0.1) is 21.8 Å². The number of carboxylic acid groups (broad SMARTS) is 1. The van der Waals surface area contributed by atoms with Crippen LogP contribution >= 0.6 is 11.6 Å². The van der Waals surface area contributed by atoms with Crippen LogP contribution in [0.25, 0.3) is 5.69 Å². The number of aliphatic carboxylic acids is 1. The fourth-order valence-electron chi connectivity index (χ4n) is 2.35. The average Bonchev–Trinajstić information content (AvgIpc) is 3.25. The summed E-state index contributed by atoms with van der Waals surface area (Å²) in [6.07, 6.45) is 1.09. The first-order valence-corrected chi connectivity index (χ1v) is 7.61. The van der Waals surface area contributed by atoms with Gasteiger partial charge in [-0.3, -0.25) is 9.59 Å². The lowest BCUT2D eigenvalue weighted by Gasteiger charge is -2.10. The highest BCUT2D eigenvalue weighted by molar-refractivity contribution is 6.30. The molecule has 9 heteroatoms. The molecule has 0 atom stereocenters. The molecule has 1 fully saturated rings. The molecule has 2 N–H and O–H groups in total. The summed E-state index contributed by atoms with van der Waals surface area (Å²) in [7, 11) is 0. The molecule has 0 radical (unpaired) electrons. The van der Waals surface area contributed by atoms with Gasteiger partial charge in [0.1, 0.15) is 5.82 Å². The lowest BCUT2D eigenvalue weighted by atomic mass is 10.1. The Kier molecular flexibility index (Phi) is 4.00. The van der Waals surface area contributed by atoms with Gasteiger partial charge in [0.25, 0.3) is 5.91 Å². The van der Waals surface area contributed by atoms with E-state index >= 15 is 0 Å². The molecule has 1 aromatic carbocycles. The van der Waals surface area contributed by atoms with Crippen LogP contribution in [0, 0.1) is 18.2 Å². The summed E-state index contributed by atoms with van der Waals surface area (Å²) >= 11 is 5.75. The molecule has 7 nitrogen and oxygen atoms in total. The minimum Gasteiger partial charge on any atom is -0.481 e. The number of nitrogens with zero attached hydrogens (tertiary/aromatic N) is 3. The highest BCUT2D eigenvalue weighted by Gasteiger charge is 2.50. The molecule has 2 aromatic rings. The van der Waals surface area contributed by atoms with E-state index in [1.54, 1.807) is 6.92 Å². The fraction of sp³-hybridized carbons (Fsp3) is 0.333. The summed E-state index contributed by atoms with van der Waals surface area (Å²) in [5.74, 6) is -1.97. The van der Waals surface area contributed by atoms with Crippen LogP contribution in [0.5, 0.6) is 0 Å². The van der Waals surface area contributed by atoms with Crippen LogP contribution in [0.15, 0.2) is 18.2 Å². The van der Waals surface area contributed by atoms with Crippen LogP contribution in [0.3, 0.4) is 0 Å². The standard InChI is InChI=1S/C15H14ClFN4O3/c1-8-12(13(22)18-7-15(4-5-15)14(23)24)19-20-21(8)9-2-3-11(17)10(16)6-9/h2-3,6H,4-5,7H2,1H3,(H,18,22)(H,23,24). The van der Waals surface area contributed by atoms with Crippen LogP contribution in [0.1, 0.15) is 29.0 Å². The average molecular weight is 353 g/mol. The second-order valence-electron chi connectivity index (χ2n) is 5.80. The summed E-state index contributed by atoms with van der Waals surface area (Å²) in [6, 6.07) is 4.04. The fourth-order valence-corrected chi connectivity index (χ4v) is 2.53. The Balaban J connectivity index is 1.78. The molecule has 0 spiro atoms. The van der Waals surface area contributed by atoms with E-state index in [1.807, 2.05) is 0 Å². The third-order valence-corrected chi connectivity index (χ3v) is 4.44. The van der Waals surface area contributed by atoms with Crippen molar-refractivity contribution in [1.82, 2.24) is 20.3 Å². The maximum Gasteiger partial charge on any atom is 0.311 e. The summed E-state index contributed by atoms with van der Waals surface area (Å²) in [5.41, 5.74) is 0.131. The second kappa shape index (κ2) is 5.86. The molecule has 24 heavy (non-hydrogen) atoms. The largest absolute Gasteiger partial charge is 0.481 e. The monoisotopic (exact) mass is 352 g/mol. The molecule has 1 aliphatic carbocycles. The Morgan fingerprint density at radius 1 is 1.46 bits per heavy atom. The van der Waals surface area contributed by atoms with Crippen molar-refractivity contribution < 1.29 is 19.1 Å². The van der Waals surface area contributed by atoms with E-state index in [0.29, 0.717) is 24.2 Å². The number of carboxylic acids is 1. The Morgan fingerprint density at radius 3 is 2.75 bits per heavy atom. The van der Waals surface area contributed by atoms with Crippen LogP contribution in [0.4, 0.5) is 4.39 Å². The van der Waals surface area contributed by atoms with Gasteiger partial charge >= 0.3 is 5.97 Å². The van der Waals surface area contributed by atoms with Gasteiger partial charge in [-0.15, -0.1) is 5.10 Å². The van der Waals surface area contributed by atoms with Crippen molar-refractivity contribution in [3.8, 4) is 5.69 Å². The van der Waals surface area contributed by atoms with E-state index in [1.165, 1.54) is 22.9 Å². The van der Waals surface area contributed by atoms with Gasteiger partial charge in [0.2, 0.25) is 0 Å². The minimum absolute atomic E-state index is 0.0514. The summed E-state index contributed by atoms with van der Waals surface area (Å²) in [4.78, 5) is 23.3. The quantitative estimate of drug-likeness (QED) is 0.857. The number of benzene rings is 1. The number of halogens is 2. The smallest absolute Gasteiger partial charge is 0.311 e. The van der Waals surface area contributed by atoms with Crippen molar-refractivity contribution >= 4 is 23.5 Å². The Hall–Kier alpha value is -2.48. The molecule has 1 heterocycles. The normalized spacial score (nSPS) is 15.1. The SMILES string of the molecule is Cc1c(C(=O)NCC2(C(=O)O)CC2)nnn1-c1ccc(F)c(Cl)c1. The van der Waals surface area contributed by atoms with E-state index in [-0.39, 0.29) is 17.3 Å². The van der Waals surface area contributed by atoms with Crippen LogP contribution in [0.2, 0.25) is 5.02 Å². The third kappa shape index (κ3) is 2.84. The summed E-state index contributed by atoms with van der Waals surface area (Å²) in [5, 5.41) is 19.3. The van der Waals surface area contributed by atoms with Gasteiger partial charge in [0, 0.05) is 6.54 Å². The summed E-state index contributed by atoms with van der Waals surface area (Å²) < 4.78 is 14.6. The Labute approximate surface area is 141 Å². The van der Waals surface area contributed by atoms with Crippen molar-refractivity contribution in [2.24, 2.45) is 5.41 Å². The first kappa shape index (κ1) is 16.4. The number of hydrogen-bond acceptors (Lipinski definition) is 4.